The van der Waals surface area contributed by atoms with Crippen molar-refractivity contribution in [2.45, 2.75) is 0 Å². The third-order valence-electron chi connectivity index (χ3n) is 2.61. The largest absolute Gasteiger partial charge is 0.497 e. The number of carbonyl (C=O) groups excluding carboxylic acids is 1. The number of carbonyl (C=O) groups is 1. The van der Waals surface area contributed by atoms with Crippen molar-refractivity contribution in [2.75, 3.05) is 18.2 Å². The number of halogens is 1. The standard InChI is InChI=1S/C14H13FN2O2/c1-19-11-6-7-13(16)12(8-11)14(18)17-10-4-2-9(15)3-5-10/h2-8H,16H2,1H3,(H,17,18). The molecule has 0 saturated heterocycles. The molecule has 0 bridgehead atoms. The van der Waals surface area contributed by atoms with Gasteiger partial charge < -0.3 is 15.8 Å². The van der Waals surface area contributed by atoms with E-state index in [4.69, 9.17) is 10.5 Å². The van der Waals surface area contributed by atoms with E-state index < -0.39 is 0 Å². The number of amides is 1. The van der Waals surface area contributed by atoms with Crippen LogP contribution in [0.4, 0.5) is 15.8 Å². The van der Waals surface area contributed by atoms with Gasteiger partial charge in [0.1, 0.15) is 11.6 Å². The van der Waals surface area contributed by atoms with Gasteiger partial charge in [-0.1, -0.05) is 0 Å². The predicted molar refractivity (Wildman–Crippen MR) is 71.8 cm³/mol. The molecule has 0 saturated carbocycles. The minimum atomic E-state index is -0.372. The number of ether oxygens (including phenoxy) is 1. The van der Waals surface area contributed by atoms with E-state index in [-0.39, 0.29) is 11.7 Å². The second kappa shape index (κ2) is 5.39. The van der Waals surface area contributed by atoms with E-state index in [0.29, 0.717) is 22.7 Å². The van der Waals surface area contributed by atoms with E-state index in [9.17, 15) is 9.18 Å². The van der Waals surface area contributed by atoms with Crippen LogP contribution in [0.15, 0.2) is 42.5 Å². The molecule has 0 spiro atoms. The molecular weight excluding hydrogens is 247 g/mol. The minimum absolute atomic E-state index is 0.309. The first-order valence-electron chi connectivity index (χ1n) is 5.60. The zero-order chi connectivity index (χ0) is 13.8. The average Bonchev–Trinajstić information content (AvgIpc) is 2.42. The number of benzene rings is 2. The number of nitrogens with two attached hydrogens (primary N) is 1. The van der Waals surface area contributed by atoms with Crippen LogP contribution in [0.25, 0.3) is 0 Å². The lowest BCUT2D eigenvalue weighted by atomic mass is 10.1. The summed E-state index contributed by atoms with van der Waals surface area (Å²) in [6.07, 6.45) is 0. The van der Waals surface area contributed by atoms with Gasteiger partial charge in [-0.2, -0.15) is 0 Å². The number of anilines is 2. The molecule has 0 atom stereocenters. The first-order chi connectivity index (χ1) is 9.10. The van der Waals surface area contributed by atoms with Gasteiger partial charge in [0.05, 0.1) is 12.7 Å². The number of nitrogens with one attached hydrogen (secondary N) is 1. The van der Waals surface area contributed by atoms with Gasteiger partial charge in [0.15, 0.2) is 0 Å². The highest BCUT2D eigenvalue weighted by Crippen LogP contribution is 2.20. The van der Waals surface area contributed by atoms with Crippen LogP contribution in [0.2, 0.25) is 0 Å². The van der Waals surface area contributed by atoms with Crippen molar-refractivity contribution in [1.29, 1.82) is 0 Å². The van der Waals surface area contributed by atoms with Gasteiger partial charge in [-0.3, -0.25) is 4.79 Å². The lowest BCUT2D eigenvalue weighted by molar-refractivity contribution is 0.102. The van der Waals surface area contributed by atoms with Crippen molar-refractivity contribution in [2.24, 2.45) is 0 Å². The van der Waals surface area contributed by atoms with Crippen LogP contribution in [0.1, 0.15) is 10.4 Å². The Morgan fingerprint density at radius 2 is 1.89 bits per heavy atom. The monoisotopic (exact) mass is 260 g/mol. The maximum Gasteiger partial charge on any atom is 0.257 e. The van der Waals surface area contributed by atoms with Crippen molar-refractivity contribution < 1.29 is 13.9 Å². The Morgan fingerprint density at radius 3 is 2.53 bits per heavy atom. The molecule has 0 unspecified atom stereocenters. The quantitative estimate of drug-likeness (QED) is 0.834. The highest BCUT2D eigenvalue weighted by Gasteiger charge is 2.11. The third-order valence-corrected chi connectivity index (χ3v) is 2.61. The van der Waals surface area contributed by atoms with Crippen LogP contribution in [0.3, 0.4) is 0 Å². The molecule has 2 rings (SSSR count). The summed E-state index contributed by atoms with van der Waals surface area (Å²) < 4.78 is 17.8. The number of methoxy groups -OCH3 is 1. The second-order valence-corrected chi connectivity index (χ2v) is 3.91. The molecule has 0 aliphatic heterocycles. The van der Waals surface area contributed by atoms with E-state index in [0.717, 1.165) is 0 Å². The summed E-state index contributed by atoms with van der Waals surface area (Å²) in [4.78, 5) is 12.0. The summed E-state index contributed by atoms with van der Waals surface area (Å²) in [6, 6.07) is 10.3. The molecule has 0 fully saturated rings. The van der Waals surface area contributed by atoms with Crippen LogP contribution in [0, 0.1) is 5.82 Å². The Bertz CT molecular complexity index is 597. The van der Waals surface area contributed by atoms with E-state index in [1.54, 1.807) is 18.2 Å². The lowest BCUT2D eigenvalue weighted by Crippen LogP contribution is -2.14. The summed E-state index contributed by atoms with van der Waals surface area (Å²) in [6.45, 7) is 0. The number of rotatable bonds is 3. The fraction of sp³-hybridized carbons (Fsp3) is 0.0714. The second-order valence-electron chi connectivity index (χ2n) is 3.91. The first kappa shape index (κ1) is 12.9. The predicted octanol–water partition coefficient (Wildman–Crippen LogP) is 2.67. The Morgan fingerprint density at radius 1 is 1.21 bits per heavy atom. The molecule has 2 aromatic carbocycles. The van der Waals surface area contributed by atoms with Crippen LogP contribution < -0.4 is 15.8 Å². The van der Waals surface area contributed by atoms with Crippen molar-refractivity contribution in [3.63, 3.8) is 0 Å². The van der Waals surface area contributed by atoms with Crippen LogP contribution >= 0.6 is 0 Å². The summed E-state index contributed by atoms with van der Waals surface area (Å²) in [5.41, 5.74) is 6.90. The Labute approximate surface area is 110 Å². The maximum atomic E-state index is 12.8. The van der Waals surface area contributed by atoms with Gasteiger partial charge >= 0.3 is 0 Å². The number of hydrogen-bond donors (Lipinski definition) is 2. The van der Waals surface area contributed by atoms with Crippen molar-refractivity contribution in [3.05, 3.63) is 53.8 Å². The summed E-state index contributed by atoms with van der Waals surface area (Å²) in [5.74, 6) is -0.194. The summed E-state index contributed by atoms with van der Waals surface area (Å²) in [5, 5.41) is 2.64. The molecular formula is C14H13FN2O2. The minimum Gasteiger partial charge on any atom is -0.497 e. The van der Waals surface area contributed by atoms with Gasteiger partial charge in [-0.05, 0) is 42.5 Å². The first-order valence-corrected chi connectivity index (χ1v) is 5.60. The Hall–Kier alpha value is -2.56. The van der Waals surface area contributed by atoms with Crippen LogP contribution in [-0.2, 0) is 0 Å². The highest BCUT2D eigenvalue weighted by molar-refractivity contribution is 6.08. The molecule has 0 aromatic heterocycles. The third kappa shape index (κ3) is 3.01. The van der Waals surface area contributed by atoms with Gasteiger partial charge in [-0.15, -0.1) is 0 Å². The molecule has 19 heavy (non-hydrogen) atoms. The fourth-order valence-electron chi connectivity index (χ4n) is 1.59. The molecule has 2 aromatic rings. The van der Waals surface area contributed by atoms with Gasteiger partial charge in [0, 0.05) is 11.4 Å². The SMILES string of the molecule is COc1ccc(N)c(C(=O)Nc2ccc(F)cc2)c1. The fourth-order valence-corrected chi connectivity index (χ4v) is 1.59. The lowest BCUT2D eigenvalue weighted by Gasteiger charge is -2.09. The Balaban J connectivity index is 2.22. The summed E-state index contributed by atoms with van der Waals surface area (Å²) in [7, 11) is 1.51. The molecule has 4 nitrogen and oxygen atoms in total. The van der Waals surface area contributed by atoms with E-state index in [1.807, 2.05) is 0 Å². The van der Waals surface area contributed by atoms with E-state index in [1.165, 1.54) is 31.4 Å². The van der Waals surface area contributed by atoms with Crippen molar-refractivity contribution in [3.8, 4) is 5.75 Å². The van der Waals surface area contributed by atoms with Crippen molar-refractivity contribution >= 4 is 17.3 Å². The molecule has 1 amide bonds. The van der Waals surface area contributed by atoms with Gasteiger partial charge in [-0.25, -0.2) is 4.39 Å². The number of hydrogen-bond acceptors (Lipinski definition) is 3. The zero-order valence-electron chi connectivity index (χ0n) is 10.3. The molecule has 0 heterocycles. The molecule has 0 radical (unpaired) electrons. The van der Waals surface area contributed by atoms with Gasteiger partial charge in [0.25, 0.3) is 5.91 Å². The topological polar surface area (TPSA) is 64.3 Å². The average molecular weight is 260 g/mol. The number of nitrogen functional groups attached to an aromatic ring is 1. The maximum absolute atomic E-state index is 12.8. The highest BCUT2D eigenvalue weighted by atomic mass is 19.1. The van der Waals surface area contributed by atoms with Crippen molar-refractivity contribution in [1.82, 2.24) is 0 Å². The zero-order valence-corrected chi connectivity index (χ0v) is 10.3. The molecule has 3 N–H and O–H groups in total. The normalized spacial score (nSPS) is 10.0. The van der Waals surface area contributed by atoms with Crippen LogP contribution in [-0.4, -0.2) is 13.0 Å². The van der Waals surface area contributed by atoms with E-state index >= 15 is 0 Å². The smallest absolute Gasteiger partial charge is 0.257 e. The van der Waals surface area contributed by atoms with Crippen LogP contribution in [0.5, 0.6) is 5.75 Å². The molecule has 5 heteroatoms. The molecule has 0 aliphatic rings. The van der Waals surface area contributed by atoms with E-state index in [2.05, 4.69) is 5.32 Å². The van der Waals surface area contributed by atoms with Gasteiger partial charge in [0.2, 0.25) is 0 Å². The molecule has 0 aliphatic carbocycles. The molecule has 98 valence electrons. The Kier molecular flexibility index (Phi) is 3.66. The summed E-state index contributed by atoms with van der Waals surface area (Å²) >= 11 is 0.